The second kappa shape index (κ2) is 7.27. The van der Waals surface area contributed by atoms with Gasteiger partial charge in [-0.25, -0.2) is 4.98 Å². The molecule has 0 aliphatic heterocycles. The maximum atomic E-state index is 12.3. The Morgan fingerprint density at radius 1 is 1.04 bits per heavy atom. The van der Waals surface area contributed by atoms with Gasteiger partial charge in [-0.05, 0) is 23.9 Å². The monoisotopic (exact) mass is 309 g/mol. The number of fused-ring (bicyclic) bond motifs is 1. The van der Waals surface area contributed by atoms with Crippen molar-refractivity contribution in [3.63, 3.8) is 0 Å². The van der Waals surface area contributed by atoms with Crippen LogP contribution >= 0.6 is 0 Å². The van der Waals surface area contributed by atoms with Crippen molar-refractivity contribution in [2.45, 2.75) is 45.4 Å². The minimum absolute atomic E-state index is 0.0816. The molecule has 0 saturated carbocycles. The Kier molecular flexibility index (Phi) is 4.91. The van der Waals surface area contributed by atoms with E-state index in [1.807, 2.05) is 30.3 Å². The van der Waals surface area contributed by atoms with Gasteiger partial charge in [0, 0.05) is 11.9 Å². The molecule has 2 aromatic heterocycles. The van der Waals surface area contributed by atoms with Crippen LogP contribution in [-0.2, 0) is 6.42 Å². The van der Waals surface area contributed by atoms with Gasteiger partial charge >= 0.3 is 0 Å². The molecule has 120 valence electrons. The van der Waals surface area contributed by atoms with Crippen LogP contribution in [0.3, 0.4) is 0 Å². The summed E-state index contributed by atoms with van der Waals surface area (Å²) in [5.74, 6) is 0.962. The Balaban J connectivity index is 1.75. The fourth-order valence-electron chi connectivity index (χ4n) is 2.87. The van der Waals surface area contributed by atoms with Crippen LogP contribution in [0.4, 0.5) is 0 Å². The van der Waals surface area contributed by atoms with Crippen molar-refractivity contribution in [3.8, 4) is 11.3 Å². The molecule has 0 aliphatic carbocycles. The van der Waals surface area contributed by atoms with E-state index in [-0.39, 0.29) is 5.56 Å². The normalized spacial score (nSPS) is 11.2. The fraction of sp³-hybridized carbons (Fsp3) is 0.368. The molecule has 0 aliphatic rings. The molecule has 3 rings (SSSR count). The molecule has 0 fully saturated rings. The highest BCUT2D eigenvalue weighted by Gasteiger charge is 2.08. The summed E-state index contributed by atoms with van der Waals surface area (Å²) in [6.45, 7) is 2.22. The van der Waals surface area contributed by atoms with Crippen LogP contribution in [0, 0.1) is 0 Å². The summed E-state index contributed by atoms with van der Waals surface area (Å²) in [4.78, 5) is 22.9. The molecule has 3 aromatic rings. The van der Waals surface area contributed by atoms with E-state index in [4.69, 9.17) is 0 Å². The van der Waals surface area contributed by atoms with Crippen LogP contribution in [0.15, 0.2) is 41.3 Å². The van der Waals surface area contributed by atoms with E-state index >= 15 is 0 Å². The zero-order valence-electron chi connectivity index (χ0n) is 13.6. The summed E-state index contributed by atoms with van der Waals surface area (Å²) in [5.41, 5.74) is 2.22. The van der Waals surface area contributed by atoms with E-state index in [9.17, 15) is 4.79 Å². The lowest BCUT2D eigenvalue weighted by Gasteiger charge is -2.01. The van der Waals surface area contributed by atoms with Crippen molar-refractivity contribution in [1.29, 1.82) is 0 Å². The third-order valence-electron chi connectivity index (χ3n) is 4.19. The summed E-state index contributed by atoms with van der Waals surface area (Å²) in [6, 6.07) is 9.73. The van der Waals surface area contributed by atoms with Gasteiger partial charge in [0.25, 0.3) is 5.56 Å². The molecule has 0 atom stereocenters. The van der Waals surface area contributed by atoms with Gasteiger partial charge in [-0.1, -0.05) is 50.8 Å². The first-order valence-electron chi connectivity index (χ1n) is 8.44. The molecule has 1 aromatic carbocycles. The number of H-pyrrole nitrogens is 2. The van der Waals surface area contributed by atoms with Crippen LogP contribution in [0.1, 0.15) is 44.9 Å². The Labute approximate surface area is 136 Å². The number of hydrogen-bond donors (Lipinski definition) is 2. The van der Waals surface area contributed by atoms with Crippen LogP contribution < -0.4 is 5.56 Å². The van der Waals surface area contributed by atoms with Gasteiger partial charge in [0.1, 0.15) is 5.82 Å². The number of unbranched alkanes of at least 4 members (excludes halogenated alkanes) is 4. The van der Waals surface area contributed by atoms with E-state index in [1.165, 1.54) is 25.7 Å². The second-order valence-electron chi connectivity index (χ2n) is 6.01. The number of nitrogens with zero attached hydrogens (tertiary/aromatic N) is 1. The predicted octanol–water partition coefficient (Wildman–Crippen LogP) is 4.43. The lowest BCUT2D eigenvalue weighted by Crippen LogP contribution is -2.08. The lowest BCUT2D eigenvalue weighted by molar-refractivity contribution is 0.624. The number of aromatic amines is 2. The van der Waals surface area contributed by atoms with Crippen LogP contribution in [0.25, 0.3) is 22.2 Å². The standard InChI is InChI=1S/C19H23N3O/c1-2-3-4-5-6-11-18-20-13-17(21-18)15-12-14-9-7-8-10-16(14)22-19(15)23/h7-10,12-13H,2-6,11H2,1H3,(H,20,21)(H,22,23). The largest absolute Gasteiger partial charge is 0.342 e. The summed E-state index contributed by atoms with van der Waals surface area (Å²) in [5, 5.41) is 1.03. The number of benzene rings is 1. The predicted molar refractivity (Wildman–Crippen MR) is 94.6 cm³/mol. The van der Waals surface area contributed by atoms with Crippen molar-refractivity contribution in [3.05, 3.63) is 52.7 Å². The van der Waals surface area contributed by atoms with Gasteiger partial charge in [0.2, 0.25) is 0 Å². The molecule has 2 N–H and O–H groups in total. The number of rotatable bonds is 7. The van der Waals surface area contributed by atoms with E-state index in [0.717, 1.165) is 35.3 Å². The topological polar surface area (TPSA) is 61.5 Å². The molecule has 0 unspecified atom stereocenters. The fourth-order valence-corrected chi connectivity index (χ4v) is 2.87. The van der Waals surface area contributed by atoms with E-state index in [1.54, 1.807) is 6.20 Å². The average Bonchev–Trinajstić information content (AvgIpc) is 3.02. The molecule has 0 amide bonds. The summed E-state index contributed by atoms with van der Waals surface area (Å²) >= 11 is 0. The van der Waals surface area contributed by atoms with Crippen LogP contribution in [-0.4, -0.2) is 15.0 Å². The summed E-state index contributed by atoms with van der Waals surface area (Å²) < 4.78 is 0. The van der Waals surface area contributed by atoms with Crippen molar-refractivity contribution in [1.82, 2.24) is 15.0 Å². The molecule has 2 heterocycles. The second-order valence-corrected chi connectivity index (χ2v) is 6.01. The van der Waals surface area contributed by atoms with Crippen molar-refractivity contribution in [2.75, 3.05) is 0 Å². The third kappa shape index (κ3) is 3.70. The average molecular weight is 309 g/mol. The van der Waals surface area contributed by atoms with E-state index < -0.39 is 0 Å². The highest BCUT2D eigenvalue weighted by molar-refractivity contribution is 5.82. The third-order valence-corrected chi connectivity index (χ3v) is 4.19. The van der Waals surface area contributed by atoms with Gasteiger partial charge < -0.3 is 9.97 Å². The van der Waals surface area contributed by atoms with Crippen molar-refractivity contribution in [2.24, 2.45) is 0 Å². The maximum absolute atomic E-state index is 12.3. The number of hydrogen-bond acceptors (Lipinski definition) is 2. The number of pyridine rings is 1. The Bertz CT molecular complexity index is 832. The molecule has 0 bridgehead atoms. The van der Waals surface area contributed by atoms with Gasteiger partial charge in [0.15, 0.2) is 0 Å². The summed E-state index contributed by atoms with van der Waals surface area (Å²) in [6.07, 6.45) is 8.93. The molecule has 4 nitrogen and oxygen atoms in total. The molecular weight excluding hydrogens is 286 g/mol. The maximum Gasteiger partial charge on any atom is 0.257 e. The first kappa shape index (κ1) is 15.5. The van der Waals surface area contributed by atoms with Crippen molar-refractivity contribution < 1.29 is 0 Å². The molecule has 0 radical (unpaired) electrons. The number of aromatic nitrogens is 3. The zero-order chi connectivity index (χ0) is 16.1. The Hall–Kier alpha value is -2.36. The highest BCUT2D eigenvalue weighted by Crippen LogP contribution is 2.18. The van der Waals surface area contributed by atoms with Gasteiger partial charge in [-0.15, -0.1) is 0 Å². The molecular formula is C19H23N3O. The Morgan fingerprint density at radius 2 is 1.87 bits per heavy atom. The molecule has 23 heavy (non-hydrogen) atoms. The minimum Gasteiger partial charge on any atom is -0.342 e. The number of nitrogens with one attached hydrogen (secondary N) is 2. The van der Waals surface area contributed by atoms with Crippen LogP contribution in [0.5, 0.6) is 0 Å². The Morgan fingerprint density at radius 3 is 2.74 bits per heavy atom. The SMILES string of the molecule is CCCCCCCc1ncc(-c2cc3ccccc3[nH]c2=O)[nH]1. The van der Waals surface area contributed by atoms with E-state index in [0.29, 0.717) is 5.56 Å². The smallest absolute Gasteiger partial charge is 0.257 e. The van der Waals surface area contributed by atoms with Gasteiger partial charge in [-0.2, -0.15) is 0 Å². The quantitative estimate of drug-likeness (QED) is 0.634. The first-order chi connectivity index (χ1) is 11.3. The number of aryl methyl sites for hydroxylation is 1. The van der Waals surface area contributed by atoms with Gasteiger partial charge in [-0.3, -0.25) is 4.79 Å². The lowest BCUT2D eigenvalue weighted by atomic mass is 10.1. The highest BCUT2D eigenvalue weighted by atomic mass is 16.1. The van der Waals surface area contributed by atoms with E-state index in [2.05, 4.69) is 21.9 Å². The van der Waals surface area contributed by atoms with Gasteiger partial charge in [0.05, 0.1) is 17.5 Å². The van der Waals surface area contributed by atoms with Crippen LogP contribution in [0.2, 0.25) is 0 Å². The first-order valence-corrected chi connectivity index (χ1v) is 8.44. The molecule has 0 spiro atoms. The molecule has 4 heteroatoms. The van der Waals surface area contributed by atoms with Crippen molar-refractivity contribution >= 4 is 10.9 Å². The molecule has 0 saturated heterocycles. The zero-order valence-corrected chi connectivity index (χ0v) is 13.6. The minimum atomic E-state index is -0.0816. The summed E-state index contributed by atoms with van der Waals surface area (Å²) in [7, 11) is 0. The number of imidazole rings is 1. The number of para-hydroxylation sites is 1.